The Hall–Kier alpha value is -0.870. The molecule has 4 heteroatoms. The van der Waals surface area contributed by atoms with Crippen molar-refractivity contribution in [2.45, 2.75) is 31.7 Å². The molecule has 1 aromatic rings. The maximum Gasteiger partial charge on any atom is 0.0492 e. The molecule has 0 aliphatic carbocycles. The number of likely N-dealkylation sites (tertiary alicyclic amines) is 1. The van der Waals surface area contributed by atoms with E-state index in [0.29, 0.717) is 0 Å². The van der Waals surface area contributed by atoms with E-state index in [4.69, 9.17) is 0 Å². The summed E-state index contributed by atoms with van der Waals surface area (Å²) in [5.41, 5.74) is 1.35. The Morgan fingerprint density at radius 2 is 2.39 bits per heavy atom. The topological polar surface area (TPSA) is 33.1 Å². The summed E-state index contributed by atoms with van der Waals surface area (Å²) in [6.07, 6.45) is 7.13. The third kappa shape index (κ3) is 2.59. The van der Waals surface area contributed by atoms with Crippen molar-refractivity contribution in [2.75, 3.05) is 26.2 Å². The molecule has 100 valence electrons. The van der Waals surface area contributed by atoms with Crippen LogP contribution in [0.2, 0.25) is 0 Å². The molecule has 18 heavy (non-hydrogen) atoms. The van der Waals surface area contributed by atoms with Crippen molar-refractivity contribution in [2.24, 2.45) is 13.0 Å². The van der Waals surface area contributed by atoms with Crippen LogP contribution in [0.15, 0.2) is 12.3 Å². The molecule has 2 aliphatic heterocycles. The van der Waals surface area contributed by atoms with Crippen molar-refractivity contribution in [3.63, 3.8) is 0 Å². The van der Waals surface area contributed by atoms with Gasteiger partial charge in [-0.1, -0.05) is 0 Å². The third-order valence-electron chi connectivity index (χ3n) is 4.58. The largest absolute Gasteiger partial charge is 0.314 e. The maximum absolute atomic E-state index is 4.23. The van der Waals surface area contributed by atoms with Crippen LogP contribution in [0.25, 0.3) is 0 Å². The first-order valence-electron chi connectivity index (χ1n) is 7.25. The van der Waals surface area contributed by atoms with Crippen LogP contribution in [0, 0.1) is 5.92 Å². The van der Waals surface area contributed by atoms with Crippen LogP contribution in [0.1, 0.15) is 25.0 Å². The summed E-state index contributed by atoms with van der Waals surface area (Å²) in [6.45, 7) is 4.96. The highest BCUT2D eigenvalue weighted by atomic mass is 15.3. The standard InChI is InChI=1S/C14H24N4/c1-17-13(4-8-16-17)5-9-18-10-6-14-12(11-18)3-2-7-15-14/h4,8,12,14-15H,2-3,5-7,9-11H2,1H3. The molecule has 0 saturated carbocycles. The molecule has 0 aromatic carbocycles. The molecule has 2 atom stereocenters. The Labute approximate surface area is 109 Å². The van der Waals surface area contributed by atoms with Gasteiger partial charge in [0.2, 0.25) is 0 Å². The van der Waals surface area contributed by atoms with Crippen molar-refractivity contribution < 1.29 is 0 Å². The molecule has 0 amide bonds. The minimum atomic E-state index is 0.798. The Balaban J connectivity index is 1.50. The summed E-state index contributed by atoms with van der Waals surface area (Å²) >= 11 is 0. The molecule has 2 unspecified atom stereocenters. The van der Waals surface area contributed by atoms with Gasteiger partial charge in [-0.2, -0.15) is 5.10 Å². The number of hydrogen-bond donors (Lipinski definition) is 1. The number of rotatable bonds is 3. The molecule has 2 fully saturated rings. The molecule has 0 spiro atoms. The molecule has 0 radical (unpaired) electrons. The summed E-state index contributed by atoms with van der Waals surface area (Å²) < 4.78 is 1.99. The number of aryl methyl sites for hydroxylation is 1. The molecular formula is C14H24N4. The monoisotopic (exact) mass is 248 g/mol. The fraction of sp³-hybridized carbons (Fsp3) is 0.786. The second-order valence-corrected chi connectivity index (χ2v) is 5.75. The lowest BCUT2D eigenvalue weighted by Crippen LogP contribution is -2.52. The van der Waals surface area contributed by atoms with Crippen LogP contribution >= 0.6 is 0 Å². The van der Waals surface area contributed by atoms with E-state index in [2.05, 4.69) is 21.4 Å². The van der Waals surface area contributed by atoms with Gasteiger partial charge >= 0.3 is 0 Å². The van der Waals surface area contributed by atoms with Gasteiger partial charge in [0.05, 0.1) is 0 Å². The number of hydrogen-bond acceptors (Lipinski definition) is 3. The summed E-state index contributed by atoms with van der Waals surface area (Å²) in [5.74, 6) is 0.888. The third-order valence-corrected chi connectivity index (χ3v) is 4.58. The Kier molecular flexibility index (Phi) is 3.66. The molecule has 2 saturated heterocycles. The van der Waals surface area contributed by atoms with Crippen molar-refractivity contribution in [3.8, 4) is 0 Å². The molecule has 1 N–H and O–H groups in total. The number of piperidine rings is 2. The lowest BCUT2D eigenvalue weighted by atomic mass is 9.85. The van der Waals surface area contributed by atoms with Gasteiger partial charge in [-0.05, 0) is 44.3 Å². The van der Waals surface area contributed by atoms with E-state index in [-0.39, 0.29) is 0 Å². The van der Waals surface area contributed by atoms with Gasteiger partial charge in [-0.3, -0.25) is 4.68 Å². The van der Waals surface area contributed by atoms with E-state index in [1.807, 2.05) is 17.9 Å². The molecule has 3 rings (SSSR count). The van der Waals surface area contributed by atoms with Gasteiger partial charge in [0.15, 0.2) is 0 Å². The van der Waals surface area contributed by atoms with Gasteiger partial charge in [-0.25, -0.2) is 0 Å². The molecule has 4 nitrogen and oxygen atoms in total. The van der Waals surface area contributed by atoms with Crippen LogP contribution in [-0.2, 0) is 13.5 Å². The zero-order chi connectivity index (χ0) is 12.4. The normalized spacial score (nSPS) is 29.2. The highest BCUT2D eigenvalue weighted by Gasteiger charge is 2.30. The fourth-order valence-corrected chi connectivity index (χ4v) is 3.44. The van der Waals surface area contributed by atoms with Crippen molar-refractivity contribution in [1.29, 1.82) is 0 Å². The van der Waals surface area contributed by atoms with Crippen LogP contribution in [-0.4, -0.2) is 46.9 Å². The molecule has 0 bridgehead atoms. The first kappa shape index (κ1) is 12.2. The molecule has 3 heterocycles. The zero-order valence-electron chi connectivity index (χ0n) is 11.3. The van der Waals surface area contributed by atoms with Crippen LogP contribution in [0.3, 0.4) is 0 Å². The summed E-state index contributed by atoms with van der Waals surface area (Å²) in [4.78, 5) is 2.64. The molecule has 1 aromatic heterocycles. The van der Waals surface area contributed by atoms with Gasteiger partial charge in [0, 0.05) is 44.5 Å². The first-order valence-corrected chi connectivity index (χ1v) is 7.25. The summed E-state index contributed by atoms with van der Waals surface area (Å²) in [6, 6.07) is 2.93. The predicted octanol–water partition coefficient (Wildman–Crippen LogP) is 1.04. The number of nitrogens with one attached hydrogen (secondary N) is 1. The maximum atomic E-state index is 4.23. The van der Waals surface area contributed by atoms with Crippen molar-refractivity contribution in [1.82, 2.24) is 20.0 Å². The summed E-state index contributed by atoms with van der Waals surface area (Å²) in [7, 11) is 2.03. The SMILES string of the molecule is Cn1nccc1CCN1CCC2NCCCC2C1. The quantitative estimate of drug-likeness (QED) is 0.867. The van der Waals surface area contributed by atoms with Gasteiger partial charge in [0.1, 0.15) is 0 Å². The fourth-order valence-electron chi connectivity index (χ4n) is 3.44. The number of aromatic nitrogens is 2. The highest BCUT2D eigenvalue weighted by molar-refractivity contribution is 5.00. The van der Waals surface area contributed by atoms with Crippen LogP contribution in [0.4, 0.5) is 0 Å². The Morgan fingerprint density at radius 3 is 3.22 bits per heavy atom. The van der Waals surface area contributed by atoms with E-state index < -0.39 is 0 Å². The molecular weight excluding hydrogens is 224 g/mol. The van der Waals surface area contributed by atoms with Crippen molar-refractivity contribution >= 4 is 0 Å². The second-order valence-electron chi connectivity index (χ2n) is 5.75. The smallest absolute Gasteiger partial charge is 0.0492 e. The van der Waals surface area contributed by atoms with E-state index in [1.165, 1.54) is 51.1 Å². The second kappa shape index (κ2) is 5.41. The lowest BCUT2D eigenvalue weighted by molar-refractivity contribution is 0.115. The minimum Gasteiger partial charge on any atom is -0.314 e. The van der Waals surface area contributed by atoms with Crippen LogP contribution in [0.5, 0.6) is 0 Å². The van der Waals surface area contributed by atoms with E-state index in [0.717, 1.165) is 18.4 Å². The van der Waals surface area contributed by atoms with E-state index in [1.54, 1.807) is 0 Å². The van der Waals surface area contributed by atoms with E-state index in [9.17, 15) is 0 Å². The average molecular weight is 248 g/mol. The number of fused-ring (bicyclic) bond motifs is 1. The van der Waals surface area contributed by atoms with Gasteiger partial charge in [-0.15, -0.1) is 0 Å². The molecule has 2 aliphatic rings. The highest BCUT2D eigenvalue weighted by Crippen LogP contribution is 2.24. The Bertz CT molecular complexity index is 387. The van der Waals surface area contributed by atoms with Gasteiger partial charge in [0.25, 0.3) is 0 Å². The Morgan fingerprint density at radius 1 is 1.44 bits per heavy atom. The summed E-state index contributed by atoms with van der Waals surface area (Å²) in [5, 5.41) is 7.91. The van der Waals surface area contributed by atoms with E-state index >= 15 is 0 Å². The predicted molar refractivity (Wildman–Crippen MR) is 72.5 cm³/mol. The number of nitrogens with zero attached hydrogens (tertiary/aromatic N) is 3. The van der Waals surface area contributed by atoms with Crippen molar-refractivity contribution in [3.05, 3.63) is 18.0 Å². The van der Waals surface area contributed by atoms with Crippen LogP contribution < -0.4 is 5.32 Å². The van der Waals surface area contributed by atoms with Gasteiger partial charge < -0.3 is 10.2 Å². The zero-order valence-corrected chi connectivity index (χ0v) is 11.3. The first-order chi connectivity index (χ1) is 8.83. The average Bonchev–Trinajstić information content (AvgIpc) is 2.82. The minimum absolute atomic E-state index is 0.798. The lowest BCUT2D eigenvalue weighted by Gasteiger charge is -2.41.